The fourth-order valence-corrected chi connectivity index (χ4v) is 4.92. The molecular weight excluding hydrogens is 430 g/mol. The highest BCUT2D eigenvalue weighted by Gasteiger charge is 2.27. The first-order chi connectivity index (χ1) is 16.8. The van der Waals surface area contributed by atoms with Crippen LogP contribution in [0.3, 0.4) is 0 Å². The van der Waals surface area contributed by atoms with Crippen LogP contribution >= 0.6 is 0 Å². The van der Waals surface area contributed by atoms with Crippen molar-refractivity contribution in [3.63, 3.8) is 0 Å². The van der Waals surface area contributed by atoms with Crippen LogP contribution in [-0.2, 0) is 25.7 Å². The number of fused-ring (bicyclic) bond motifs is 1. The van der Waals surface area contributed by atoms with Crippen LogP contribution in [0.5, 0.6) is 5.75 Å². The van der Waals surface area contributed by atoms with E-state index in [1.165, 1.54) is 45.6 Å². The molecule has 2 aromatic carbocycles. The Kier molecular flexibility index (Phi) is 7.59. The van der Waals surface area contributed by atoms with Crippen LogP contribution in [0.25, 0.3) is 11.1 Å². The summed E-state index contributed by atoms with van der Waals surface area (Å²) in [5.74, 6) is 0.982. The SMILES string of the molecule is C=C(C)Nc1cc(-c2ccc(OCCCc3ncnc4c3CCC(C)(C)C4)c(CC)c2)ccc1C. The van der Waals surface area contributed by atoms with Gasteiger partial charge in [0.05, 0.1) is 6.61 Å². The summed E-state index contributed by atoms with van der Waals surface area (Å²) >= 11 is 0. The summed E-state index contributed by atoms with van der Waals surface area (Å²) in [6.45, 7) is 15.6. The predicted octanol–water partition coefficient (Wildman–Crippen LogP) is 7.49. The lowest BCUT2D eigenvalue weighted by Crippen LogP contribution is -2.24. The van der Waals surface area contributed by atoms with Gasteiger partial charge in [0, 0.05) is 22.8 Å². The number of anilines is 1. The van der Waals surface area contributed by atoms with Gasteiger partial charge < -0.3 is 10.1 Å². The van der Waals surface area contributed by atoms with E-state index >= 15 is 0 Å². The summed E-state index contributed by atoms with van der Waals surface area (Å²) in [4.78, 5) is 9.20. The number of allylic oxidation sites excluding steroid dienone is 1. The first kappa shape index (κ1) is 25.0. The van der Waals surface area contributed by atoms with Crippen molar-refractivity contribution >= 4 is 5.69 Å². The number of benzene rings is 2. The fraction of sp³-hybridized carbons (Fsp3) is 0.419. The van der Waals surface area contributed by atoms with E-state index in [9.17, 15) is 0 Å². The number of aromatic nitrogens is 2. The van der Waals surface area contributed by atoms with Crippen molar-refractivity contribution in [2.24, 2.45) is 5.41 Å². The molecule has 1 N–H and O–H groups in total. The largest absolute Gasteiger partial charge is 0.493 e. The monoisotopic (exact) mass is 469 g/mol. The number of hydrogen-bond acceptors (Lipinski definition) is 4. The first-order valence-corrected chi connectivity index (χ1v) is 12.9. The van der Waals surface area contributed by atoms with Crippen LogP contribution in [0.4, 0.5) is 5.69 Å². The van der Waals surface area contributed by atoms with Gasteiger partial charge in [0.1, 0.15) is 12.1 Å². The summed E-state index contributed by atoms with van der Waals surface area (Å²) in [6.07, 6.45) is 7.90. The third kappa shape index (κ3) is 6.11. The molecule has 1 aliphatic carbocycles. The van der Waals surface area contributed by atoms with Crippen LogP contribution in [0, 0.1) is 12.3 Å². The quantitative estimate of drug-likeness (QED) is 0.330. The average Bonchev–Trinajstić information content (AvgIpc) is 2.82. The maximum Gasteiger partial charge on any atom is 0.122 e. The maximum absolute atomic E-state index is 6.25. The van der Waals surface area contributed by atoms with Gasteiger partial charge >= 0.3 is 0 Å². The van der Waals surface area contributed by atoms with Crippen LogP contribution in [0.2, 0.25) is 0 Å². The number of nitrogens with zero attached hydrogens (tertiary/aromatic N) is 2. The second-order valence-electron chi connectivity index (χ2n) is 10.6. The lowest BCUT2D eigenvalue weighted by Gasteiger charge is -2.31. The van der Waals surface area contributed by atoms with Crippen molar-refractivity contribution in [3.05, 3.63) is 83.1 Å². The van der Waals surface area contributed by atoms with E-state index in [4.69, 9.17) is 4.74 Å². The van der Waals surface area contributed by atoms with Gasteiger partial charge in [-0.05, 0) is 104 Å². The van der Waals surface area contributed by atoms with Gasteiger partial charge in [-0.3, -0.25) is 0 Å². The summed E-state index contributed by atoms with van der Waals surface area (Å²) in [7, 11) is 0. The molecule has 0 fully saturated rings. The Labute approximate surface area is 210 Å². The molecule has 0 saturated heterocycles. The third-order valence-corrected chi connectivity index (χ3v) is 7.00. The molecule has 0 aliphatic heterocycles. The van der Waals surface area contributed by atoms with E-state index in [0.717, 1.165) is 49.2 Å². The highest BCUT2D eigenvalue weighted by atomic mass is 16.5. The van der Waals surface area contributed by atoms with Crippen molar-refractivity contribution < 1.29 is 4.74 Å². The lowest BCUT2D eigenvalue weighted by molar-refractivity contribution is 0.302. The Balaban J connectivity index is 1.40. The highest BCUT2D eigenvalue weighted by Crippen LogP contribution is 2.35. The van der Waals surface area contributed by atoms with E-state index in [1.54, 1.807) is 6.33 Å². The zero-order valence-corrected chi connectivity index (χ0v) is 22.0. The zero-order valence-electron chi connectivity index (χ0n) is 22.0. The molecule has 0 unspecified atom stereocenters. The minimum Gasteiger partial charge on any atom is -0.493 e. The van der Waals surface area contributed by atoms with Crippen molar-refractivity contribution in [2.45, 2.75) is 73.1 Å². The molecule has 0 saturated carbocycles. The first-order valence-electron chi connectivity index (χ1n) is 12.9. The number of hydrogen-bond donors (Lipinski definition) is 1. The van der Waals surface area contributed by atoms with Crippen LogP contribution < -0.4 is 10.1 Å². The molecule has 1 aromatic heterocycles. The predicted molar refractivity (Wildman–Crippen MR) is 146 cm³/mol. The Morgan fingerprint density at radius 3 is 2.66 bits per heavy atom. The normalized spacial score (nSPS) is 14.3. The van der Waals surface area contributed by atoms with Gasteiger partial charge in [-0.1, -0.05) is 45.5 Å². The van der Waals surface area contributed by atoms with Gasteiger partial charge in [-0.2, -0.15) is 0 Å². The minimum atomic E-state index is 0.339. The highest BCUT2D eigenvalue weighted by molar-refractivity contribution is 5.72. The Bertz CT molecular complexity index is 1210. The molecule has 0 spiro atoms. The summed E-state index contributed by atoms with van der Waals surface area (Å²) in [5, 5.41) is 3.37. The molecule has 0 atom stereocenters. The van der Waals surface area contributed by atoms with E-state index in [2.05, 4.69) is 86.0 Å². The summed E-state index contributed by atoms with van der Waals surface area (Å²) < 4.78 is 6.25. The molecule has 4 rings (SSSR count). The Hall–Kier alpha value is -3.14. The van der Waals surface area contributed by atoms with Crippen molar-refractivity contribution in [1.29, 1.82) is 0 Å². The van der Waals surface area contributed by atoms with E-state index in [0.29, 0.717) is 12.0 Å². The molecule has 4 heteroatoms. The number of aryl methyl sites for hydroxylation is 3. The van der Waals surface area contributed by atoms with E-state index in [1.807, 2.05) is 6.92 Å². The Morgan fingerprint density at radius 2 is 1.89 bits per heavy atom. The van der Waals surface area contributed by atoms with Crippen molar-refractivity contribution in [3.8, 4) is 16.9 Å². The van der Waals surface area contributed by atoms with Gasteiger partial charge in [0.25, 0.3) is 0 Å². The third-order valence-electron chi connectivity index (χ3n) is 7.00. The summed E-state index contributed by atoms with van der Waals surface area (Å²) in [6, 6.07) is 13.1. The molecule has 1 heterocycles. The maximum atomic E-state index is 6.25. The smallest absolute Gasteiger partial charge is 0.122 e. The average molecular weight is 470 g/mol. The fourth-order valence-electron chi connectivity index (χ4n) is 4.92. The molecule has 0 radical (unpaired) electrons. The van der Waals surface area contributed by atoms with E-state index in [-0.39, 0.29) is 0 Å². The molecule has 3 aromatic rings. The minimum absolute atomic E-state index is 0.339. The van der Waals surface area contributed by atoms with Crippen molar-refractivity contribution in [2.75, 3.05) is 11.9 Å². The second-order valence-corrected chi connectivity index (χ2v) is 10.6. The second kappa shape index (κ2) is 10.6. The Morgan fingerprint density at radius 1 is 1.11 bits per heavy atom. The molecule has 1 aliphatic rings. The topological polar surface area (TPSA) is 47.0 Å². The number of nitrogens with one attached hydrogen (secondary N) is 1. The number of rotatable bonds is 9. The summed E-state index contributed by atoms with van der Waals surface area (Å²) in [5.41, 5.74) is 11.0. The van der Waals surface area contributed by atoms with Gasteiger partial charge in [-0.25, -0.2) is 9.97 Å². The van der Waals surface area contributed by atoms with E-state index < -0.39 is 0 Å². The molecular formula is C31H39N3O. The molecule has 0 amide bonds. The lowest BCUT2D eigenvalue weighted by atomic mass is 9.76. The standard InChI is InChI=1S/C31H39N3O/c1-7-23-17-24(25-11-10-22(4)28(18-25)34-21(2)3)12-13-30(23)35-16-8-9-27-26-14-15-31(5,6)19-29(26)33-20-32-27/h10-13,17-18,20,34H,2,7-9,14-16,19H2,1,3-6H3. The van der Waals surface area contributed by atoms with Crippen molar-refractivity contribution in [1.82, 2.24) is 9.97 Å². The molecule has 35 heavy (non-hydrogen) atoms. The van der Waals surface area contributed by atoms with Gasteiger partial charge in [0.2, 0.25) is 0 Å². The molecule has 0 bridgehead atoms. The van der Waals surface area contributed by atoms with Gasteiger partial charge in [-0.15, -0.1) is 0 Å². The zero-order chi connectivity index (χ0) is 25.0. The van der Waals surface area contributed by atoms with Gasteiger partial charge in [0.15, 0.2) is 0 Å². The molecule has 184 valence electrons. The van der Waals surface area contributed by atoms with Crippen LogP contribution in [0.1, 0.15) is 68.6 Å². The molecule has 4 nitrogen and oxygen atoms in total. The van der Waals surface area contributed by atoms with Crippen LogP contribution in [-0.4, -0.2) is 16.6 Å². The number of ether oxygens (including phenoxy) is 1. The van der Waals surface area contributed by atoms with Crippen LogP contribution in [0.15, 0.2) is 55.0 Å².